The van der Waals surface area contributed by atoms with Crippen molar-refractivity contribution in [3.8, 4) is 0 Å². The van der Waals surface area contributed by atoms with Crippen molar-refractivity contribution in [2.45, 2.75) is 26.4 Å². The molecule has 0 unspecified atom stereocenters. The summed E-state index contributed by atoms with van der Waals surface area (Å²) in [6, 6.07) is 17.5. The highest BCUT2D eigenvalue weighted by Gasteiger charge is 2.23. The lowest BCUT2D eigenvalue weighted by atomic mass is 10.1. The van der Waals surface area contributed by atoms with Crippen molar-refractivity contribution in [2.75, 3.05) is 13.2 Å². The molecular weight excluding hydrogens is 356 g/mol. The Morgan fingerprint density at radius 2 is 1.75 bits per heavy atom. The van der Waals surface area contributed by atoms with Crippen LogP contribution in [0.2, 0.25) is 0 Å². The lowest BCUT2D eigenvalue weighted by Gasteiger charge is -2.22. The molecule has 3 aromatic rings. The van der Waals surface area contributed by atoms with Gasteiger partial charge in [-0.1, -0.05) is 48.5 Å². The van der Waals surface area contributed by atoms with Crippen LogP contribution >= 0.6 is 0 Å². The zero-order chi connectivity index (χ0) is 19.9. The maximum absolute atomic E-state index is 12.4. The smallest absolute Gasteiger partial charge is 0.374 e. The van der Waals surface area contributed by atoms with Gasteiger partial charge in [0.25, 0.3) is 0 Å². The molecule has 1 aromatic heterocycles. The van der Waals surface area contributed by atoms with E-state index in [0.717, 1.165) is 16.5 Å². The number of carbonyl (C=O) groups is 2. The van der Waals surface area contributed by atoms with Gasteiger partial charge < -0.3 is 14.9 Å². The number of hydrogen-bond donors (Lipinski definition) is 1. The zero-order valence-corrected chi connectivity index (χ0v) is 15.9. The minimum absolute atomic E-state index is 0.209. The molecule has 1 amide bonds. The second-order valence-electron chi connectivity index (χ2n) is 6.54. The van der Waals surface area contributed by atoms with Crippen molar-refractivity contribution in [1.29, 1.82) is 0 Å². The van der Waals surface area contributed by atoms with Crippen molar-refractivity contribution in [2.24, 2.45) is 5.73 Å². The van der Waals surface area contributed by atoms with Crippen molar-refractivity contribution < 1.29 is 18.7 Å². The zero-order valence-electron chi connectivity index (χ0n) is 15.9. The number of nitrogens with zero attached hydrogens (tertiary/aromatic N) is 1. The van der Waals surface area contributed by atoms with E-state index in [0.29, 0.717) is 25.2 Å². The summed E-state index contributed by atoms with van der Waals surface area (Å²) in [6.45, 7) is 3.56. The number of ether oxygens (including phenoxy) is 1. The van der Waals surface area contributed by atoms with Gasteiger partial charge >= 0.3 is 5.97 Å². The van der Waals surface area contributed by atoms with Crippen LogP contribution in [-0.2, 0) is 22.6 Å². The number of para-hydroxylation sites is 1. The lowest BCUT2D eigenvalue weighted by molar-refractivity contribution is -0.118. The molecule has 0 saturated carbocycles. The summed E-state index contributed by atoms with van der Waals surface area (Å²) in [5, 5.41) is 0.864. The molecule has 3 rings (SSSR count). The molecule has 6 heteroatoms. The van der Waals surface area contributed by atoms with E-state index in [1.165, 1.54) is 0 Å². The number of amides is 1. The van der Waals surface area contributed by atoms with Crippen molar-refractivity contribution in [3.05, 3.63) is 71.5 Å². The van der Waals surface area contributed by atoms with Crippen molar-refractivity contribution in [3.63, 3.8) is 0 Å². The van der Waals surface area contributed by atoms with Gasteiger partial charge in [-0.05, 0) is 18.6 Å². The Morgan fingerprint density at radius 1 is 1.04 bits per heavy atom. The molecule has 0 saturated heterocycles. The van der Waals surface area contributed by atoms with Gasteiger partial charge in [0, 0.05) is 37.0 Å². The number of nitrogens with two attached hydrogens (primary N) is 1. The number of hydrogen-bond acceptors (Lipinski definition) is 5. The fourth-order valence-electron chi connectivity index (χ4n) is 3.16. The molecule has 2 N–H and O–H groups in total. The van der Waals surface area contributed by atoms with Gasteiger partial charge in [-0.25, -0.2) is 4.79 Å². The van der Waals surface area contributed by atoms with E-state index in [9.17, 15) is 9.59 Å². The summed E-state index contributed by atoms with van der Waals surface area (Å²) in [6.07, 6.45) is 0.233. The molecule has 0 aliphatic carbocycles. The highest BCUT2D eigenvalue weighted by Crippen LogP contribution is 2.28. The van der Waals surface area contributed by atoms with Crippen LogP contribution in [0.4, 0.5) is 0 Å². The van der Waals surface area contributed by atoms with Gasteiger partial charge in [-0.15, -0.1) is 0 Å². The van der Waals surface area contributed by atoms with Crippen LogP contribution in [0.1, 0.15) is 35.0 Å². The molecule has 146 valence electrons. The van der Waals surface area contributed by atoms with Crippen LogP contribution in [-0.4, -0.2) is 29.9 Å². The Bertz CT molecular complexity index is 950. The summed E-state index contributed by atoms with van der Waals surface area (Å²) < 4.78 is 11.0. The lowest BCUT2D eigenvalue weighted by Crippen LogP contribution is -2.28. The van der Waals surface area contributed by atoms with Gasteiger partial charge in [0.15, 0.2) is 0 Å². The maximum atomic E-state index is 12.4. The van der Waals surface area contributed by atoms with E-state index >= 15 is 0 Å². The third kappa shape index (κ3) is 4.78. The molecule has 6 nitrogen and oxygen atoms in total. The first-order valence-electron chi connectivity index (χ1n) is 9.30. The summed E-state index contributed by atoms with van der Waals surface area (Å²) >= 11 is 0. The SMILES string of the molecule is CCOC(=O)c1oc2ccccc2c1CN(CCC(N)=O)Cc1ccccc1. The average molecular weight is 380 g/mol. The normalized spacial score (nSPS) is 11.1. The Balaban J connectivity index is 1.94. The van der Waals surface area contributed by atoms with Crippen molar-refractivity contribution >= 4 is 22.8 Å². The number of esters is 1. The van der Waals surface area contributed by atoms with Crippen LogP contribution in [0.15, 0.2) is 59.0 Å². The number of primary amides is 1. The van der Waals surface area contributed by atoms with E-state index in [1.807, 2.05) is 54.6 Å². The number of carbonyl (C=O) groups excluding carboxylic acids is 2. The number of benzene rings is 2. The highest BCUT2D eigenvalue weighted by atomic mass is 16.5. The molecular formula is C22H24N2O4. The number of furan rings is 1. The van der Waals surface area contributed by atoms with Crippen LogP contribution in [0, 0.1) is 0 Å². The minimum atomic E-state index is -0.483. The summed E-state index contributed by atoms with van der Waals surface area (Å²) in [5.74, 6) is -0.635. The molecule has 1 heterocycles. The Morgan fingerprint density at radius 3 is 2.46 bits per heavy atom. The largest absolute Gasteiger partial charge is 0.460 e. The monoisotopic (exact) mass is 380 g/mol. The fourth-order valence-corrected chi connectivity index (χ4v) is 3.16. The van der Waals surface area contributed by atoms with Crippen molar-refractivity contribution in [1.82, 2.24) is 4.90 Å². The molecule has 0 atom stereocenters. The van der Waals surface area contributed by atoms with E-state index in [-0.39, 0.29) is 24.7 Å². The Kier molecular flexibility index (Phi) is 6.45. The third-order valence-electron chi connectivity index (χ3n) is 4.46. The molecule has 0 fully saturated rings. The summed E-state index contributed by atoms with van der Waals surface area (Å²) in [4.78, 5) is 25.9. The quantitative estimate of drug-likeness (QED) is 0.574. The molecule has 2 aromatic carbocycles. The first kappa shape index (κ1) is 19.6. The molecule has 0 aliphatic rings. The second-order valence-corrected chi connectivity index (χ2v) is 6.54. The average Bonchev–Trinajstić information content (AvgIpc) is 3.06. The van der Waals surface area contributed by atoms with Crippen LogP contribution in [0.25, 0.3) is 11.0 Å². The fraction of sp³-hybridized carbons (Fsp3) is 0.273. The van der Waals surface area contributed by atoms with Crippen LogP contribution in [0.5, 0.6) is 0 Å². The number of rotatable bonds is 9. The van der Waals surface area contributed by atoms with Crippen LogP contribution < -0.4 is 5.73 Å². The standard InChI is InChI=1S/C22H24N2O4/c1-2-27-22(26)21-18(17-10-6-7-11-19(17)28-21)15-24(13-12-20(23)25)14-16-8-4-3-5-9-16/h3-11H,2,12-15H2,1H3,(H2,23,25). The highest BCUT2D eigenvalue weighted by molar-refractivity contribution is 5.96. The van der Waals surface area contributed by atoms with Crippen LogP contribution in [0.3, 0.4) is 0 Å². The third-order valence-corrected chi connectivity index (χ3v) is 4.46. The first-order chi connectivity index (χ1) is 13.6. The van der Waals surface area contributed by atoms with E-state index < -0.39 is 5.97 Å². The molecule has 0 radical (unpaired) electrons. The molecule has 0 spiro atoms. The van der Waals surface area contributed by atoms with E-state index in [4.69, 9.17) is 14.9 Å². The van der Waals surface area contributed by atoms with E-state index in [1.54, 1.807) is 6.92 Å². The van der Waals surface area contributed by atoms with Gasteiger partial charge in [0.1, 0.15) is 5.58 Å². The predicted molar refractivity (Wildman–Crippen MR) is 107 cm³/mol. The number of fused-ring (bicyclic) bond motifs is 1. The maximum Gasteiger partial charge on any atom is 0.374 e. The summed E-state index contributed by atoms with van der Waals surface area (Å²) in [7, 11) is 0. The Hall–Kier alpha value is -3.12. The molecule has 28 heavy (non-hydrogen) atoms. The second kappa shape index (κ2) is 9.19. The predicted octanol–water partition coefficient (Wildman–Crippen LogP) is 3.49. The summed E-state index contributed by atoms with van der Waals surface area (Å²) in [5.41, 5.74) is 7.86. The topological polar surface area (TPSA) is 85.8 Å². The Labute approximate surface area is 163 Å². The van der Waals surface area contributed by atoms with E-state index in [2.05, 4.69) is 4.90 Å². The van der Waals surface area contributed by atoms with Gasteiger partial charge in [0.05, 0.1) is 6.61 Å². The minimum Gasteiger partial charge on any atom is -0.460 e. The molecule has 0 aliphatic heterocycles. The molecule has 0 bridgehead atoms. The van der Waals surface area contributed by atoms with Gasteiger partial charge in [-0.3, -0.25) is 9.69 Å². The van der Waals surface area contributed by atoms with Gasteiger partial charge in [-0.2, -0.15) is 0 Å². The van der Waals surface area contributed by atoms with Gasteiger partial charge in [0.2, 0.25) is 11.7 Å². The first-order valence-corrected chi connectivity index (χ1v) is 9.30.